The van der Waals surface area contributed by atoms with E-state index in [9.17, 15) is 5.11 Å². The Morgan fingerprint density at radius 3 is 2.05 bits per heavy atom. The number of hydrogen-bond donors (Lipinski definition) is 1. The molecule has 1 N–H and O–H groups in total. The summed E-state index contributed by atoms with van der Waals surface area (Å²) in [4.78, 5) is 35.1. The molecule has 12 heteroatoms. The number of aliphatic hydroxyl groups excluding tert-OH is 1. The maximum atomic E-state index is 9.64. The van der Waals surface area contributed by atoms with Crippen LogP contribution in [0.4, 0.5) is 0 Å². The fraction of sp³-hybridized carbons (Fsp3) is 0.800. The molecule has 1 aliphatic heterocycles. The Morgan fingerprint density at radius 2 is 1.64 bits per heavy atom. The van der Waals surface area contributed by atoms with Crippen LogP contribution in [0.1, 0.15) is 0 Å². The van der Waals surface area contributed by atoms with Gasteiger partial charge in [-0.25, -0.2) is 19.7 Å². The van der Waals surface area contributed by atoms with Crippen molar-refractivity contribution in [3.05, 3.63) is 0 Å². The van der Waals surface area contributed by atoms with E-state index < -0.39 is 13.0 Å². The number of hydrogen-bond acceptors (Lipinski definition) is 12. The second-order valence-electron chi connectivity index (χ2n) is 3.75. The molecule has 0 aromatic rings. The van der Waals surface area contributed by atoms with Gasteiger partial charge in [0.25, 0.3) is 5.96 Å². The van der Waals surface area contributed by atoms with Crippen LogP contribution in [0, 0.1) is 0 Å². The zero-order chi connectivity index (χ0) is 16.7. The minimum absolute atomic E-state index is 0.0673. The number of aliphatic imine (C=N–C) groups is 2. The Kier molecular flexibility index (Phi) is 7.40. The van der Waals surface area contributed by atoms with Gasteiger partial charge in [0.1, 0.15) is 6.73 Å². The first kappa shape index (κ1) is 18.5. The summed E-state index contributed by atoms with van der Waals surface area (Å²) in [5.74, 6) is 0.302. The van der Waals surface area contributed by atoms with Gasteiger partial charge in [0, 0.05) is 7.05 Å². The molecule has 0 aliphatic carbocycles. The predicted molar refractivity (Wildman–Crippen MR) is 74.1 cm³/mol. The first-order valence-electron chi connectivity index (χ1n) is 6.15. The van der Waals surface area contributed by atoms with E-state index in [0.717, 1.165) is 10.5 Å². The van der Waals surface area contributed by atoms with Gasteiger partial charge < -0.3 is 5.11 Å². The maximum Gasteiger partial charge on any atom is 0.279 e. The van der Waals surface area contributed by atoms with Gasteiger partial charge in [-0.2, -0.15) is 4.99 Å². The van der Waals surface area contributed by atoms with Gasteiger partial charge in [-0.1, -0.05) is 5.23 Å². The molecular formula is C10H22N6O6. The minimum Gasteiger partial charge on any atom is -0.376 e. The van der Waals surface area contributed by atoms with E-state index >= 15 is 0 Å². The third-order valence-corrected chi connectivity index (χ3v) is 2.72. The normalized spacial score (nSPS) is 18.4. The van der Waals surface area contributed by atoms with Gasteiger partial charge in [-0.05, 0) is 5.23 Å². The van der Waals surface area contributed by atoms with E-state index in [-0.39, 0.29) is 11.9 Å². The van der Waals surface area contributed by atoms with Crippen LogP contribution in [0.2, 0.25) is 0 Å². The molecule has 0 spiro atoms. The fourth-order valence-electron chi connectivity index (χ4n) is 1.68. The topological polar surface area (TPSA) is 104 Å². The van der Waals surface area contributed by atoms with Crippen LogP contribution >= 0.6 is 0 Å². The lowest BCUT2D eigenvalue weighted by molar-refractivity contribution is -0.381. The number of nitrogens with zero attached hydrogens (tertiary/aromatic N) is 6. The van der Waals surface area contributed by atoms with E-state index in [4.69, 9.17) is 24.2 Å². The second kappa shape index (κ2) is 8.79. The van der Waals surface area contributed by atoms with E-state index in [1.165, 1.54) is 45.5 Å². The van der Waals surface area contributed by atoms with Crippen molar-refractivity contribution in [2.75, 3.05) is 49.3 Å². The van der Waals surface area contributed by atoms with Crippen LogP contribution in [0.3, 0.4) is 0 Å². The van der Waals surface area contributed by atoms with Crippen LogP contribution in [-0.2, 0) is 24.2 Å². The number of aliphatic hydroxyl groups is 1. The summed E-state index contributed by atoms with van der Waals surface area (Å²) in [5.41, 5.74) is 0. The molecule has 0 radical (unpaired) electrons. The SMILES string of the molecule is CON(C)C1=NC(N(OC)OC)=NC(N(OC)OC)N1CO. The highest BCUT2D eigenvalue weighted by molar-refractivity contribution is 5.95. The van der Waals surface area contributed by atoms with Crippen LogP contribution in [0.25, 0.3) is 0 Å². The lowest BCUT2D eigenvalue weighted by Crippen LogP contribution is -2.57. The van der Waals surface area contributed by atoms with Crippen molar-refractivity contribution in [1.29, 1.82) is 0 Å². The zero-order valence-electron chi connectivity index (χ0n) is 13.5. The summed E-state index contributed by atoms with van der Waals surface area (Å²) < 4.78 is 0. The molecule has 1 atom stereocenters. The molecule has 0 aromatic carbocycles. The fourth-order valence-corrected chi connectivity index (χ4v) is 1.68. The molecule has 1 aliphatic rings. The summed E-state index contributed by atoms with van der Waals surface area (Å²) in [7, 11) is 8.62. The van der Waals surface area contributed by atoms with Gasteiger partial charge in [0.2, 0.25) is 12.2 Å². The Bertz CT molecular complexity index is 399. The van der Waals surface area contributed by atoms with Gasteiger partial charge in [-0.3, -0.25) is 19.4 Å². The van der Waals surface area contributed by atoms with E-state index in [0.29, 0.717) is 0 Å². The highest BCUT2D eigenvalue weighted by Crippen LogP contribution is 2.17. The summed E-state index contributed by atoms with van der Waals surface area (Å²) in [5, 5.41) is 13.0. The quantitative estimate of drug-likeness (QED) is 0.562. The molecule has 22 heavy (non-hydrogen) atoms. The average Bonchev–Trinajstić information content (AvgIpc) is 2.56. The predicted octanol–water partition coefficient (Wildman–Crippen LogP) is -1.41. The van der Waals surface area contributed by atoms with Crippen molar-refractivity contribution < 1.29 is 29.3 Å². The standard InChI is InChI=1S/C10H22N6O6/c1-13(18-2)9-11-8(15(19-3)20-4)12-10(14(9)7-17)16(21-5)22-6/h10,17H,7H2,1-6H3. The Labute approximate surface area is 128 Å². The summed E-state index contributed by atoms with van der Waals surface area (Å²) >= 11 is 0. The van der Waals surface area contributed by atoms with Crippen molar-refractivity contribution in [2.24, 2.45) is 9.98 Å². The second-order valence-corrected chi connectivity index (χ2v) is 3.75. The maximum absolute atomic E-state index is 9.64. The minimum atomic E-state index is -0.895. The Morgan fingerprint density at radius 1 is 1.05 bits per heavy atom. The van der Waals surface area contributed by atoms with Crippen molar-refractivity contribution in [3.8, 4) is 0 Å². The van der Waals surface area contributed by atoms with Crippen LogP contribution in [-0.4, -0.2) is 93.1 Å². The molecule has 1 unspecified atom stereocenters. The van der Waals surface area contributed by atoms with Crippen LogP contribution in [0.5, 0.6) is 0 Å². The molecule has 1 rings (SSSR count). The molecular weight excluding hydrogens is 300 g/mol. The molecule has 0 saturated carbocycles. The van der Waals surface area contributed by atoms with Gasteiger partial charge in [0.15, 0.2) is 0 Å². The first-order chi connectivity index (χ1) is 10.6. The largest absolute Gasteiger partial charge is 0.376 e. The highest BCUT2D eigenvalue weighted by atomic mass is 17.0. The van der Waals surface area contributed by atoms with Crippen molar-refractivity contribution in [1.82, 2.24) is 20.4 Å². The number of hydroxylamine groups is 6. The molecule has 128 valence electrons. The molecule has 0 saturated heterocycles. The van der Waals surface area contributed by atoms with Crippen molar-refractivity contribution >= 4 is 11.9 Å². The number of rotatable bonds is 7. The van der Waals surface area contributed by atoms with Crippen LogP contribution < -0.4 is 0 Å². The molecule has 0 aromatic heterocycles. The van der Waals surface area contributed by atoms with Gasteiger partial charge >= 0.3 is 0 Å². The molecule has 1 heterocycles. The summed E-state index contributed by atoms with van der Waals surface area (Å²) in [6.45, 7) is -0.419. The summed E-state index contributed by atoms with van der Waals surface area (Å²) in [6.07, 6.45) is -0.895. The molecule has 0 fully saturated rings. The van der Waals surface area contributed by atoms with E-state index in [2.05, 4.69) is 9.98 Å². The third kappa shape index (κ3) is 3.80. The lowest BCUT2D eigenvalue weighted by Gasteiger charge is -2.39. The van der Waals surface area contributed by atoms with E-state index in [1.807, 2.05) is 0 Å². The third-order valence-electron chi connectivity index (χ3n) is 2.72. The van der Waals surface area contributed by atoms with E-state index in [1.54, 1.807) is 7.05 Å². The first-order valence-corrected chi connectivity index (χ1v) is 6.15. The summed E-state index contributed by atoms with van der Waals surface area (Å²) in [6, 6.07) is 0. The van der Waals surface area contributed by atoms with Crippen molar-refractivity contribution in [3.63, 3.8) is 0 Å². The number of guanidine groups is 2. The van der Waals surface area contributed by atoms with Crippen molar-refractivity contribution in [2.45, 2.75) is 6.29 Å². The average molecular weight is 322 g/mol. The van der Waals surface area contributed by atoms with Gasteiger partial charge in [0.05, 0.1) is 35.5 Å². The van der Waals surface area contributed by atoms with Gasteiger partial charge in [-0.15, -0.1) is 0 Å². The highest BCUT2D eigenvalue weighted by Gasteiger charge is 2.36. The van der Waals surface area contributed by atoms with Crippen LogP contribution in [0.15, 0.2) is 9.98 Å². The molecule has 0 bridgehead atoms. The molecule has 12 nitrogen and oxygen atoms in total. The Balaban J connectivity index is 3.27. The Hall–Kier alpha value is -1.54. The lowest BCUT2D eigenvalue weighted by atomic mass is 10.6. The molecule has 0 amide bonds. The zero-order valence-corrected chi connectivity index (χ0v) is 13.5. The monoisotopic (exact) mass is 322 g/mol. The smallest absolute Gasteiger partial charge is 0.279 e.